The number of cyclic esters (lactones) is 1. The highest BCUT2D eigenvalue weighted by molar-refractivity contribution is 8.02. The number of esters is 1. The van der Waals surface area contributed by atoms with Gasteiger partial charge in [0.15, 0.2) is 0 Å². The first-order valence-corrected chi connectivity index (χ1v) is 12.9. The Kier molecular flexibility index (Phi) is 6.46. The van der Waals surface area contributed by atoms with Crippen molar-refractivity contribution < 1.29 is 24.2 Å². The zero-order chi connectivity index (χ0) is 24.1. The van der Waals surface area contributed by atoms with Crippen molar-refractivity contribution in [3.8, 4) is 0 Å². The van der Waals surface area contributed by atoms with Crippen LogP contribution in [0.5, 0.6) is 0 Å². The van der Waals surface area contributed by atoms with Gasteiger partial charge in [-0.2, -0.15) is 0 Å². The fraction of sp³-hybridized carbons (Fsp3) is 0.720. The second kappa shape index (κ2) is 8.77. The molecular formula is C25H36N2O5S. The summed E-state index contributed by atoms with van der Waals surface area (Å²) in [4.78, 5) is 44.9. The molecule has 2 amide bonds. The summed E-state index contributed by atoms with van der Waals surface area (Å²) in [5.74, 6) is -2.14. The van der Waals surface area contributed by atoms with E-state index in [1.165, 1.54) is 0 Å². The number of amides is 2. The molecule has 0 bridgehead atoms. The first-order chi connectivity index (χ1) is 15.5. The lowest BCUT2D eigenvalue weighted by Crippen LogP contribution is -2.60. The third-order valence-corrected chi connectivity index (χ3v) is 9.16. The number of thioether (sulfide) groups is 1. The molecule has 1 unspecified atom stereocenters. The first-order valence-electron chi connectivity index (χ1n) is 12.0. The van der Waals surface area contributed by atoms with Crippen molar-refractivity contribution in [1.82, 2.24) is 9.80 Å². The number of likely N-dealkylation sites (tertiary alicyclic amines) is 1. The third kappa shape index (κ3) is 3.83. The second-order valence-electron chi connectivity index (χ2n) is 10.8. The maximum Gasteiger partial charge on any atom is 0.311 e. The van der Waals surface area contributed by atoms with Gasteiger partial charge in [-0.15, -0.1) is 11.8 Å². The molecule has 0 radical (unpaired) electrons. The molecule has 1 spiro atoms. The van der Waals surface area contributed by atoms with Crippen molar-refractivity contribution in [3.05, 3.63) is 24.3 Å². The molecule has 4 aliphatic rings. The van der Waals surface area contributed by atoms with E-state index in [0.717, 1.165) is 12.8 Å². The number of rotatable bonds is 3. The number of aliphatic hydroxyl groups is 1. The van der Waals surface area contributed by atoms with Gasteiger partial charge in [0, 0.05) is 17.3 Å². The van der Waals surface area contributed by atoms with Crippen LogP contribution in [-0.4, -0.2) is 80.1 Å². The lowest BCUT2D eigenvalue weighted by atomic mass is 9.78. The molecule has 6 atom stereocenters. The Bertz CT molecular complexity index is 879. The van der Waals surface area contributed by atoms with E-state index in [0.29, 0.717) is 13.2 Å². The molecular weight excluding hydrogens is 440 g/mol. The Morgan fingerprint density at radius 3 is 2.58 bits per heavy atom. The SMILES string of the molecule is CC(C)[C@H](CO)N1C(=O)[C@@H]2[C@H]3C(=O)OCCC/C=C\[C@H]3S[C@@]23C=CCN(C(C)(C)C)C(=O)C13. The Morgan fingerprint density at radius 2 is 1.94 bits per heavy atom. The molecule has 0 aromatic heterocycles. The number of aliphatic hydroxyl groups excluding tert-OH is 1. The lowest BCUT2D eigenvalue weighted by molar-refractivity contribution is -0.154. The van der Waals surface area contributed by atoms with E-state index in [-0.39, 0.29) is 35.6 Å². The van der Waals surface area contributed by atoms with E-state index < -0.39 is 34.2 Å². The van der Waals surface area contributed by atoms with E-state index in [2.05, 4.69) is 6.08 Å². The van der Waals surface area contributed by atoms with Crippen LogP contribution in [0.3, 0.4) is 0 Å². The molecule has 0 aromatic carbocycles. The quantitative estimate of drug-likeness (QED) is 0.497. The maximum absolute atomic E-state index is 14.2. The van der Waals surface area contributed by atoms with Crippen LogP contribution in [0.15, 0.2) is 24.3 Å². The number of carbonyl (C=O) groups excluding carboxylic acids is 3. The molecule has 2 fully saturated rings. The van der Waals surface area contributed by atoms with Gasteiger partial charge in [-0.25, -0.2) is 0 Å². The molecule has 4 rings (SSSR count). The summed E-state index contributed by atoms with van der Waals surface area (Å²) in [6, 6.07) is -1.29. The van der Waals surface area contributed by atoms with Crippen LogP contribution in [0.25, 0.3) is 0 Å². The molecule has 0 aliphatic carbocycles. The van der Waals surface area contributed by atoms with E-state index in [9.17, 15) is 19.5 Å². The van der Waals surface area contributed by atoms with Crippen molar-refractivity contribution in [2.75, 3.05) is 19.8 Å². The van der Waals surface area contributed by atoms with Gasteiger partial charge in [-0.3, -0.25) is 14.4 Å². The van der Waals surface area contributed by atoms with E-state index >= 15 is 0 Å². The molecule has 182 valence electrons. The molecule has 0 saturated carbocycles. The highest BCUT2D eigenvalue weighted by Gasteiger charge is 2.72. The summed E-state index contributed by atoms with van der Waals surface area (Å²) in [5.41, 5.74) is -0.436. The van der Waals surface area contributed by atoms with Crippen molar-refractivity contribution >= 4 is 29.5 Å². The molecule has 8 heteroatoms. The molecule has 7 nitrogen and oxygen atoms in total. The van der Waals surface area contributed by atoms with Crippen LogP contribution in [0.4, 0.5) is 0 Å². The second-order valence-corrected chi connectivity index (χ2v) is 12.3. The largest absolute Gasteiger partial charge is 0.465 e. The van der Waals surface area contributed by atoms with Crippen molar-refractivity contribution in [1.29, 1.82) is 0 Å². The van der Waals surface area contributed by atoms with Gasteiger partial charge in [0.1, 0.15) is 6.04 Å². The summed E-state index contributed by atoms with van der Waals surface area (Å²) in [6.45, 7) is 10.4. The fourth-order valence-electron chi connectivity index (χ4n) is 5.77. The normalized spacial score (nSPS) is 36.4. The Morgan fingerprint density at radius 1 is 1.21 bits per heavy atom. The van der Waals surface area contributed by atoms with Crippen molar-refractivity contribution in [2.24, 2.45) is 17.8 Å². The topological polar surface area (TPSA) is 87.2 Å². The van der Waals surface area contributed by atoms with Crippen LogP contribution in [0.1, 0.15) is 47.5 Å². The average Bonchev–Trinajstić information content (AvgIpc) is 3.13. The first kappa shape index (κ1) is 24.3. The predicted octanol–water partition coefficient (Wildman–Crippen LogP) is 2.39. The highest BCUT2D eigenvalue weighted by atomic mass is 32.2. The van der Waals surface area contributed by atoms with E-state index in [1.54, 1.807) is 21.6 Å². The summed E-state index contributed by atoms with van der Waals surface area (Å²) >= 11 is 1.54. The van der Waals surface area contributed by atoms with E-state index in [1.807, 2.05) is 52.8 Å². The van der Waals surface area contributed by atoms with Crippen molar-refractivity contribution in [3.63, 3.8) is 0 Å². The fourth-order valence-corrected chi connectivity index (χ4v) is 7.76. The van der Waals surface area contributed by atoms with Gasteiger partial charge in [-0.1, -0.05) is 38.2 Å². The molecule has 4 heterocycles. The number of hydrogen-bond donors (Lipinski definition) is 1. The molecule has 1 N–H and O–H groups in total. The monoisotopic (exact) mass is 476 g/mol. The zero-order valence-electron chi connectivity index (χ0n) is 20.2. The minimum atomic E-state index is -0.881. The number of carbonyl (C=O) groups is 3. The Labute approximate surface area is 200 Å². The molecule has 4 aliphatic heterocycles. The Hall–Kier alpha value is -1.80. The van der Waals surface area contributed by atoms with Gasteiger partial charge in [0.2, 0.25) is 11.8 Å². The number of fused-ring (bicyclic) bond motifs is 2. The Balaban J connectivity index is 1.89. The van der Waals surface area contributed by atoms with Crippen LogP contribution in [0.2, 0.25) is 0 Å². The van der Waals surface area contributed by atoms with E-state index in [4.69, 9.17) is 4.74 Å². The van der Waals surface area contributed by atoms with Crippen LogP contribution in [0, 0.1) is 17.8 Å². The molecule has 2 saturated heterocycles. The minimum Gasteiger partial charge on any atom is -0.465 e. The summed E-state index contributed by atoms with van der Waals surface area (Å²) < 4.78 is 4.70. The lowest BCUT2D eigenvalue weighted by Gasteiger charge is -2.43. The minimum absolute atomic E-state index is 0.0499. The number of hydrogen-bond acceptors (Lipinski definition) is 6. The van der Waals surface area contributed by atoms with Gasteiger partial charge in [0.25, 0.3) is 0 Å². The highest BCUT2D eigenvalue weighted by Crippen LogP contribution is 2.61. The zero-order valence-corrected chi connectivity index (χ0v) is 21.0. The third-order valence-electron chi connectivity index (χ3n) is 7.41. The predicted molar refractivity (Wildman–Crippen MR) is 127 cm³/mol. The number of nitrogens with zero attached hydrogens (tertiary/aromatic N) is 2. The van der Waals surface area contributed by atoms with Crippen LogP contribution in [-0.2, 0) is 19.1 Å². The van der Waals surface area contributed by atoms with Gasteiger partial charge in [-0.05, 0) is 39.5 Å². The van der Waals surface area contributed by atoms with Crippen LogP contribution < -0.4 is 0 Å². The smallest absolute Gasteiger partial charge is 0.311 e. The maximum atomic E-state index is 14.2. The average molecular weight is 477 g/mol. The van der Waals surface area contributed by atoms with Gasteiger partial charge < -0.3 is 19.6 Å². The van der Waals surface area contributed by atoms with Gasteiger partial charge >= 0.3 is 5.97 Å². The number of ether oxygens (including phenoxy) is 1. The number of allylic oxidation sites excluding steroid dienone is 1. The molecule has 0 aromatic rings. The van der Waals surface area contributed by atoms with Gasteiger partial charge in [0.05, 0.1) is 35.8 Å². The summed E-state index contributed by atoms with van der Waals surface area (Å²) in [5, 5.41) is 10.0. The van der Waals surface area contributed by atoms with Crippen LogP contribution >= 0.6 is 11.8 Å². The van der Waals surface area contributed by atoms with Crippen molar-refractivity contribution in [2.45, 2.75) is 75.1 Å². The standard InChI is InChI=1S/C25H36N2O5S/c1-15(2)16(14-28)27-20-22(30)26(24(3,4)5)12-9-11-25(20)19(21(27)29)18-17(33-25)10-7-6-8-13-32-23(18)31/h7,9-11,15-20,28H,6,8,12-14H2,1-5H3/b10-7-/t16-,17+,18-,19-,20?,25-/m0/s1. The molecule has 33 heavy (non-hydrogen) atoms. The summed E-state index contributed by atoms with van der Waals surface area (Å²) in [6.07, 6.45) is 9.64. The summed E-state index contributed by atoms with van der Waals surface area (Å²) in [7, 11) is 0.